The minimum absolute atomic E-state index is 0.0177. The molecule has 0 bridgehead atoms. The highest BCUT2D eigenvalue weighted by Crippen LogP contribution is 2.12. The van der Waals surface area contributed by atoms with Crippen molar-refractivity contribution in [2.75, 3.05) is 0 Å². The van der Waals surface area contributed by atoms with Gasteiger partial charge < -0.3 is 5.11 Å². The summed E-state index contributed by atoms with van der Waals surface area (Å²) in [6, 6.07) is 6.92. The fraction of sp³-hybridized carbons (Fsp3) is 0.167. The maximum Gasteiger partial charge on any atom is 0.307 e. The van der Waals surface area contributed by atoms with Gasteiger partial charge in [0.15, 0.2) is 6.29 Å². The standard InChI is InChI=1S/C12H11N3O3/c1-8-11(7-16)13-14-15(8)10-4-2-9(3-5-10)6-12(17)18/h2-5,7H,6H2,1H3,(H,17,18). The van der Waals surface area contributed by atoms with Gasteiger partial charge in [-0.2, -0.15) is 0 Å². The summed E-state index contributed by atoms with van der Waals surface area (Å²) in [7, 11) is 0. The molecule has 1 aromatic heterocycles. The summed E-state index contributed by atoms with van der Waals surface area (Å²) in [6.07, 6.45) is 0.633. The summed E-state index contributed by atoms with van der Waals surface area (Å²) in [5, 5.41) is 16.3. The first-order valence-electron chi connectivity index (χ1n) is 5.30. The van der Waals surface area contributed by atoms with Gasteiger partial charge in [0, 0.05) is 0 Å². The number of benzene rings is 1. The molecule has 1 N–H and O–H groups in total. The molecule has 0 saturated carbocycles. The molecule has 6 nitrogen and oxygen atoms in total. The third kappa shape index (κ3) is 2.27. The second-order valence-corrected chi connectivity index (χ2v) is 3.83. The average Bonchev–Trinajstić information content (AvgIpc) is 2.71. The number of rotatable bonds is 4. The normalized spacial score (nSPS) is 10.3. The Hall–Kier alpha value is -2.50. The lowest BCUT2D eigenvalue weighted by Crippen LogP contribution is -2.02. The van der Waals surface area contributed by atoms with Gasteiger partial charge in [0.1, 0.15) is 5.69 Å². The molecule has 0 atom stereocenters. The minimum Gasteiger partial charge on any atom is -0.481 e. The van der Waals surface area contributed by atoms with Crippen LogP contribution in [0, 0.1) is 6.92 Å². The van der Waals surface area contributed by atoms with Crippen LogP contribution in [0.25, 0.3) is 5.69 Å². The Morgan fingerprint density at radius 3 is 2.56 bits per heavy atom. The zero-order valence-electron chi connectivity index (χ0n) is 9.70. The van der Waals surface area contributed by atoms with E-state index in [0.29, 0.717) is 23.2 Å². The number of carbonyl (C=O) groups is 2. The number of carbonyl (C=O) groups excluding carboxylic acids is 1. The number of nitrogens with zero attached hydrogens (tertiary/aromatic N) is 3. The molecule has 18 heavy (non-hydrogen) atoms. The summed E-state index contributed by atoms with van der Waals surface area (Å²) in [5.41, 5.74) is 2.39. The highest BCUT2D eigenvalue weighted by molar-refractivity contribution is 5.73. The number of hydrogen-bond donors (Lipinski definition) is 1. The first kappa shape index (κ1) is 12.0. The highest BCUT2D eigenvalue weighted by atomic mass is 16.4. The largest absolute Gasteiger partial charge is 0.481 e. The monoisotopic (exact) mass is 245 g/mol. The highest BCUT2D eigenvalue weighted by Gasteiger charge is 2.09. The first-order chi connectivity index (χ1) is 8.61. The van der Waals surface area contributed by atoms with Crippen molar-refractivity contribution in [2.24, 2.45) is 0 Å². The van der Waals surface area contributed by atoms with Crippen LogP contribution in [-0.2, 0) is 11.2 Å². The number of hydrogen-bond acceptors (Lipinski definition) is 4. The second kappa shape index (κ2) is 4.79. The SMILES string of the molecule is Cc1c(C=O)nnn1-c1ccc(CC(=O)O)cc1. The Balaban J connectivity index is 2.31. The van der Waals surface area contributed by atoms with Gasteiger partial charge in [0.2, 0.25) is 0 Å². The van der Waals surface area contributed by atoms with Gasteiger partial charge in [-0.15, -0.1) is 5.10 Å². The summed E-state index contributed by atoms with van der Waals surface area (Å²) in [4.78, 5) is 21.2. The zero-order valence-corrected chi connectivity index (χ0v) is 9.70. The molecule has 0 radical (unpaired) electrons. The molecule has 1 heterocycles. The van der Waals surface area contributed by atoms with Crippen LogP contribution < -0.4 is 0 Å². The van der Waals surface area contributed by atoms with Gasteiger partial charge in [-0.1, -0.05) is 17.3 Å². The van der Waals surface area contributed by atoms with E-state index >= 15 is 0 Å². The topological polar surface area (TPSA) is 85.1 Å². The molecule has 0 saturated heterocycles. The lowest BCUT2D eigenvalue weighted by atomic mass is 10.1. The summed E-state index contributed by atoms with van der Waals surface area (Å²) in [6.45, 7) is 1.74. The van der Waals surface area contributed by atoms with E-state index in [1.807, 2.05) is 0 Å². The molecule has 2 rings (SSSR count). The van der Waals surface area contributed by atoms with Crippen LogP contribution in [0.2, 0.25) is 0 Å². The predicted octanol–water partition coefficient (Wildman–Crippen LogP) is 1.02. The van der Waals surface area contributed by atoms with Crippen molar-refractivity contribution in [1.82, 2.24) is 15.0 Å². The van der Waals surface area contributed by atoms with Crippen molar-refractivity contribution in [3.63, 3.8) is 0 Å². The fourth-order valence-electron chi connectivity index (χ4n) is 1.62. The number of carboxylic acid groups (broad SMARTS) is 1. The quantitative estimate of drug-likeness (QED) is 0.813. The molecule has 0 aliphatic carbocycles. The van der Waals surface area contributed by atoms with Crippen LogP contribution in [0.1, 0.15) is 21.7 Å². The third-order valence-electron chi connectivity index (χ3n) is 2.58. The number of aromatic nitrogens is 3. The second-order valence-electron chi connectivity index (χ2n) is 3.83. The van der Waals surface area contributed by atoms with E-state index in [1.54, 1.807) is 31.2 Å². The van der Waals surface area contributed by atoms with E-state index in [9.17, 15) is 9.59 Å². The Morgan fingerprint density at radius 2 is 2.06 bits per heavy atom. The van der Waals surface area contributed by atoms with Gasteiger partial charge in [-0.25, -0.2) is 4.68 Å². The zero-order chi connectivity index (χ0) is 13.1. The van der Waals surface area contributed by atoms with E-state index in [0.717, 1.165) is 5.69 Å². The lowest BCUT2D eigenvalue weighted by molar-refractivity contribution is -0.136. The van der Waals surface area contributed by atoms with E-state index in [-0.39, 0.29) is 6.42 Å². The molecule has 0 spiro atoms. The fourth-order valence-corrected chi connectivity index (χ4v) is 1.62. The summed E-state index contributed by atoms with van der Waals surface area (Å²) < 4.78 is 1.54. The summed E-state index contributed by atoms with van der Waals surface area (Å²) in [5.74, 6) is -0.872. The van der Waals surface area contributed by atoms with E-state index < -0.39 is 5.97 Å². The molecule has 92 valence electrons. The molecule has 1 aromatic carbocycles. The third-order valence-corrected chi connectivity index (χ3v) is 2.58. The maximum absolute atomic E-state index is 10.7. The predicted molar refractivity (Wildman–Crippen MR) is 62.8 cm³/mol. The van der Waals surface area contributed by atoms with Crippen molar-refractivity contribution in [1.29, 1.82) is 0 Å². The molecule has 0 aliphatic rings. The Bertz CT molecular complexity index is 587. The van der Waals surface area contributed by atoms with Crippen LogP contribution in [0.15, 0.2) is 24.3 Å². The smallest absolute Gasteiger partial charge is 0.307 e. The molecule has 0 unspecified atom stereocenters. The number of carboxylic acids is 1. The number of aliphatic carboxylic acids is 1. The molecule has 6 heteroatoms. The molecule has 0 fully saturated rings. The van der Waals surface area contributed by atoms with Crippen molar-refractivity contribution in [3.05, 3.63) is 41.2 Å². The van der Waals surface area contributed by atoms with Gasteiger partial charge in [0.25, 0.3) is 0 Å². The van der Waals surface area contributed by atoms with E-state index in [2.05, 4.69) is 10.3 Å². The average molecular weight is 245 g/mol. The Kier molecular flexibility index (Phi) is 3.18. The maximum atomic E-state index is 10.7. The van der Waals surface area contributed by atoms with E-state index in [4.69, 9.17) is 5.11 Å². The van der Waals surface area contributed by atoms with Crippen LogP contribution in [0.4, 0.5) is 0 Å². The molecular formula is C12H11N3O3. The van der Waals surface area contributed by atoms with Gasteiger partial charge in [-0.3, -0.25) is 9.59 Å². The molecule has 0 aliphatic heterocycles. The van der Waals surface area contributed by atoms with Crippen molar-refractivity contribution < 1.29 is 14.7 Å². The Labute approximate surface area is 103 Å². The van der Waals surface area contributed by atoms with Crippen molar-refractivity contribution >= 4 is 12.3 Å². The van der Waals surface area contributed by atoms with Crippen LogP contribution in [0.5, 0.6) is 0 Å². The molecule has 0 amide bonds. The van der Waals surface area contributed by atoms with Crippen LogP contribution in [0.3, 0.4) is 0 Å². The van der Waals surface area contributed by atoms with Gasteiger partial charge >= 0.3 is 5.97 Å². The van der Waals surface area contributed by atoms with Crippen molar-refractivity contribution in [3.8, 4) is 5.69 Å². The van der Waals surface area contributed by atoms with Crippen LogP contribution in [-0.4, -0.2) is 32.4 Å². The van der Waals surface area contributed by atoms with Crippen LogP contribution >= 0.6 is 0 Å². The van der Waals surface area contributed by atoms with Gasteiger partial charge in [0.05, 0.1) is 17.8 Å². The Morgan fingerprint density at radius 1 is 1.39 bits per heavy atom. The molecular weight excluding hydrogens is 234 g/mol. The number of aldehydes is 1. The van der Waals surface area contributed by atoms with Gasteiger partial charge in [-0.05, 0) is 24.6 Å². The molecule has 2 aromatic rings. The van der Waals surface area contributed by atoms with E-state index in [1.165, 1.54) is 4.68 Å². The summed E-state index contributed by atoms with van der Waals surface area (Å²) >= 11 is 0. The minimum atomic E-state index is -0.872. The first-order valence-corrected chi connectivity index (χ1v) is 5.30. The van der Waals surface area contributed by atoms with Crippen molar-refractivity contribution in [2.45, 2.75) is 13.3 Å². The lowest BCUT2D eigenvalue weighted by Gasteiger charge is -2.04.